The first-order valence-electron chi connectivity index (χ1n) is 9.07. The number of benzene rings is 2. The van der Waals surface area contributed by atoms with Crippen LogP contribution in [0, 0.1) is 5.82 Å². The van der Waals surface area contributed by atoms with Crippen LogP contribution >= 0.6 is 23.4 Å². The van der Waals surface area contributed by atoms with E-state index in [-0.39, 0.29) is 15.6 Å². The standard InChI is InChI=1S/C21H18ClFN2O6S/c1-29-15-6-11(7-16(30-2)19(15)31-3)8-17-20(27)25(21(28)32-17)10-18(26)24-12-4-5-14(23)13(22)9-12/h4-9H,10H2,1-3H3,(H,24,26)/b17-8+. The van der Waals surface area contributed by atoms with E-state index >= 15 is 0 Å². The molecule has 1 heterocycles. The van der Waals surface area contributed by atoms with Crippen LogP contribution in [0.1, 0.15) is 5.56 Å². The van der Waals surface area contributed by atoms with Gasteiger partial charge in [0.2, 0.25) is 11.7 Å². The van der Waals surface area contributed by atoms with Crippen molar-refractivity contribution in [1.82, 2.24) is 4.90 Å². The molecule has 0 bridgehead atoms. The summed E-state index contributed by atoms with van der Waals surface area (Å²) >= 11 is 6.39. The monoisotopic (exact) mass is 480 g/mol. The van der Waals surface area contributed by atoms with Gasteiger partial charge < -0.3 is 19.5 Å². The van der Waals surface area contributed by atoms with Gasteiger partial charge in [-0.3, -0.25) is 19.3 Å². The summed E-state index contributed by atoms with van der Waals surface area (Å²) in [5, 5.41) is 1.71. The summed E-state index contributed by atoms with van der Waals surface area (Å²) in [6.45, 7) is -0.508. The van der Waals surface area contributed by atoms with Crippen LogP contribution in [-0.4, -0.2) is 49.8 Å². The molecule has 11 heteroatoms. The van der Waals surface area contributed by atoms with Crippen molar-refractivity contribution in [2.45, 2.75) is 0 Å². The van der Waals surface area contributed by atoms with Crippen LogP contribution in [0.25, 0.3) is 6.08 Å². The molecule has 0 unspecified atom stereocenters. The van der Waals surface area contributed by atoms with Crippen molar-refractivity contribution < 1.29 is 33.0 Å². The zero-order valence-corrected chi connectivity index (χ0v) is 18.8. The number of ether oxygens (including phenoxy) is 3. The normalized spacial score (nSPS) is 14.7. The number of anilines is 1. The van der Waals surface area contributed by atoms with E-state index in [1.807, 2.05) is 0 Å². The number of thioether (sulfide) groups is 1. The predicted octanol–water partition coefficient (Wildman–Crippen LogP) is 4.18. The average Bonchev–Trinajstić information content (AvgIpc) is 3.02. The Balaban J connectivity index is 1.77. The Morgan fingerprint density at radius 2 is 1.78 bits per heavy atom. The number of carbonyl (C=O) groups excluding carboxylic acids is 3. The molecule has 2 aromatic rings. The Bertz CT molecular complexity index is 1100. The fraction of sp³-hybridized carbons (Fsp3) is 0.190. The van der Waals surface area contributed by atoms with Gasteiger partial charge in [-0.1, -0.05) is 11.6 Å². The first-order chi connectivity index (χ1) is 15.3. The number of halogens is 2. The van der Waals surface area contributed by atoms with Gasteiger partial charge in [-0.05, 0) is 53.7 Å². The van der Waals surface area contributed by atoms with Crippen LogP contribution in [0.15, 0.2) is 35.2 Å². The average molecular weight is 481 g/mol. The summed E-state index contributed by atoms with van der Waals surface area (Å²) in [4.78, 5) is 38.3. The van der Waals surface area contributed by atoms with E-state index in [9.17, 15) is 18.8 Å². The number of imide groups is 1. The summed E-state index contributed by atoms with van der Waals surface area (Å²) in [7, 11) is 4.39. The number of nitrogens with one attached hydrogen (secondary N) is 1. The van der Waals surface area contributed by atoms with Crippen LogP contribution in [-0.2, 0) is 9.59 Å². The van der Waals surface area contributed by atoms with E-state index in [1.54, 1.807) is 12.1 Å². The summed E-state index contributed by atoms with van der Waals surface area (Å²) in [6.07, 6.45) is 1.49. The number of carbonyl (C=O) groups is 3. The van der Waals surface area contributed by atoms with Crippen LogP contribution in [0.5, 0.6) is 17.2 Å². The van der Waals surface area contributed by atoms with Crippen LogP contribution in [0.4, 0.5) is 14.9 Å². The van der Waals surface area contributed by atoms with Gasteiger partial charge in [0, 0.05) is 5.69 Å². The molecule has 0 radical (unpaired) electrons. The number of amides is 3. The van der Waals surface area contributed by atoms with Crippen molar-refractivity contribution in [3.05, 3.63) is 51.6 Å². The SMILES string of the molecule is COc1cc(/C=C2/SC(=O)N(CC(=O)Nc3ccc(F)c(Cl)c3)C2=O)cc(OC)c1OC. The first-order valence-corrected chi connectivity index (χ1v) is 10.3. The molecule has 0 aromatic heterocycles. The molecule has 8 nitrogen and oxygen atoms in total. The Labute approximate surface area is 192 Å². The Morgan fingerprint density at radius 3 is 2.34 bits per heavy atom. The topological polar surface area (TPSA) is 94.2 Å². The summed E-state index contributed by atoms with van der Waals surface area (Å²) in [5.41, 5.74) is 0.775. The maximum atomic E-state index is 13.3. The largest absolute Gasteiger partial charge is 0.493 e. The number of nitrogens with zero attached hydrogens (tertiary/aromatic N) is 1. The lowest BCUT2D eigenvalue weighted by atomic mass is 10.1. The lowest BCUT2D eigenvalue weighted by Gasteiger charge is -2.13. The van der Waals surface area contributed by atoms with Crippen molar-refractivity contribution in [3.8, 4) is 17.2 Å². The molecule has 1 N–H and O–H groups in total. The maximum absolute atomic E-state index is 13.3. The lowest BCUT2D eigenvalue weighted by Crippen LogP contribution is -2.36. The smallest absolute Gasteiger partial charge is 0.294 e. The van der Waals surface area contributed by atoms with E-state index in [0.717, 1.165) is 11.0 Å². The maximum Gasteiger partial charge on any atom is 0.294 e. The van der Waals surface area contributed by atoms with E-state index < -0.39 is 29.4 Å². The van der Waals surface area contributed by atoms with Gasteiger partial charge >= 0.3 is 0 Å². The molecular formula is C21H18ClFN2O6S. The molecule has 0 spiro atoms. The quantitative estimate of drug-likeness (QED) is 0.594. The van der Waals surface area contributed by atoms with Crippen molar-refractivity contribution in [1.29, 1.82) is 0 Å². The van der Waals surface area contributed by atoms with Crippen LogP contribution < -0.4 is 19.5 Å². The summed E-state index contributed by atoms with van der Waals surface area (Å²) in [6, 6.07) is 6.89. The van der Waals surface area contributed by atoms with Crippen LogP contribution in [0.2, 0.25) is 5.02 Å². The zero-order valence-electron chi connectivity index (χ0n) is 17.2. The molecular weight excluding hydrogens is 463 g/mol. The van der Waals surface area contributed by atoms with E-state index in [0.29, 0.717) is 34.6 Å². The number of methoxy groups -OCH3 is 3. The van der Waals surface area contributed by atoms with Gasteiger partial charge in [0.05, 0.1) is 31.3 Å². The van der Waals surface area contributed by atoms with E-state index in [1.165, 1.54) is 39.5 Å². The van der Waals surface area contributed by atoms with Crippen molar-refractivity contribution >= 4 is 52.2 Å². The molecule has 2 aromatic carbocycles. The molecule has 1 aliphatic heterocycles. The number of hydrogen-bond acceptors (Lipinski definition) is 7. The fourth-order valence-electron chi connectivity index (χ4n) is 2.89. The molecule has 1 fully saturated rings. The molecule has 3 amide bonds. The number of rotatable bonds is 7. The van der Waals surface area contributed by atoms with Crippen molar-refractivity contribution in [2.24, 2.45) is 0 Å². The Kier molecular flexibility index (Phi) is 7.26. The highest BCUT2D eigenvalue weighted by Crippen LogP contribution is 2.40. The van der Waals surface area contributed by atoms with E-state index in [4.69, 9.17) is 25.8 Å². The van der Waals surface area contributed by atoms with Crippen molar-refractivity contribution in [3.63, 3.8) is 0 Å². The third-order valence-corrected chi connectivity index (χ3v) is 5.56. The molecule has 1 aliphatic rings. The first kappa shape index (κ1) is 23.4. The number of hydrogen-bond donors (Lipinski definition) is 1. The molecule has 1 saturated heterocycles. The van der Waals surface area contributed by atoms with E-state index in [2.05, 4.69) is 5.32 Å². The third-order valence-electron chi connectivity index (χ3n) is 4.36. The third kappa shape index (κ3) is 4.97. The minimum absolute atomic E-state index is 0.127. The van der Waals surface area contributed by atoms with Gasteiger partial charge in [0.15, 0.2) is 11.5 Å². The second-order valence-corrected chi connectivity index (χ2v) is 7.80. The molecule has 0 atom stereocenters. The second kappa shape index (κ2) is 9.92. The molecule has 0 saturated carbocycles. The minimum Gasteiger partial charge on any atom is -0.493 e. The summed E-state index contributed by atoms with van der Waals surface area (Å²) in [5.74, 6) is -0.736. The lowest BCUT2D eigenvalue weighted by molar-refractivity contribution is -0.127. The van der Waals surface area contributed by atoms with Gasteiger partial charge in [-0.15, -0.1) is 0 Å². The second-order valence-electron chi connectivity index (χ2n) is 6.40. The molecule has 168 valence electrons. The molecule has 0 aliphatic carbocycles. The fourth-order valence-corrected chi connectivity index (χ4v) is 3.91. The van der Waals surface area contributed by atoms with Crippen LogP contribution in [0.3, 0.4) is 0 Å². The molecule has 32 heavy (non-hydrogen) atoms. The highest BCUT2D eigenvalue weighted by atomic mass is 35.5. The highest BCUT2D eigenvalue weighted by molar-refractivity contribution is 8.18. The molecule has 3 rings (SSSR count). The minimum atomic E-state index is -0.635. The predicted molar refractivity (Wildman–Crippen MR) is 119 cm³/mol. The zero-order chi connectivity index (χ0) is 23.4. The van der Waals surface area contributed by atoms with Gasteiger partial charge in [-0.2, -0.15) is 0 Å². The van der Waals surface area contributed by atoms with Gasteiger partial charge in [-0.25, -0.2) is 4.39 Å². The Hall–Kier alpha value is -3.24. The van der Waals surface area contributed by atoms with Gasteiger partial charge in [0.1, 0.15) is 12.4 Å². The summed E-state index contributed by atoms with van der Waals surface area (Å²) < 4.78 is 29.1. The highest BCUT2D eigenvalue weighted by Gasteiger charge is 2.36. The van der Waals surface area contributed by atoms with Gasteiger partial charge in [0.25, 0.3) is 11.1 Å². The Morgan fingerprint density at radius 1 is 1.12 bits per heavy atom. The van der Waals surface area contributed by atoms with Crippen molar-refractivity contribution in [2.75, 3.05) is 33.2 Å².